The fourth-order valence-electron chi connectivity index (χ4n) is 7.43. The van der Waals surface area contributed by atoms with Gasteiger partial charge in [0, 0.05) is 19.3 Å². The van der Waals surface area contributed by atoms with Crippen molar-refractivity contribution in [3.8, 4) is 0 Å². The monoisotopic (exact) mass is 855 g/mol. The molecule has 1 unspecified atom stereocenters. The van der Waals surface area contributed by atoms with Gasteiger partial charge in [0.05, 0.1) is 0 Å². The Hall–Kier alpha value is -2.63. The fourth-order valence-corrected chi connectivity index (χ4v) is 7.43. The zero-order valence-corrected chi connectivity index (χ0v) is 40.4. The SMILES string of the molecule is CC/C=C\C/C=C\C/C=C\C/C=C\CCCCCCCCCCCCC(=O)OCC(COC(=O)CCCCCCC)OC(=O)CCCCCCCCCCCCCCCCC. The van der Waals surface area contributed by atoms with Crippen molar-refractivity contribution < 1.29 is 28.6 Å². The van der Waals surface area contributed by atoms with Gasteiger partial charge in [-0.1, -0.05) is 236 Å². The smallest absolute Gasteiger partial charge is 0.306 e. The van der Waals surface area contributed by atoms with Crippen LogP contribution in [-0.4, -0.2) is 37.2 Å². The first kappa shape index (κ1) is 58.4. The summed E-state index contributed by atoms with van der Waals surface area (Å²) in [7, 11) is 0. The zero-order valence-electron chi connectivity index (χ0n) is 40.4. The van der Waals surface area contributed by atoms with Gasteiger partial charge >= 0.3 is 17.9 Å². The maximum absolute atomic E-state index is 12.7. The van der Waals surface area contributed by atoms with Crippen molar-refractivity contribution >= 4 is 17.9 Å². The molecule has 6 nitrogen and oxygen atoms in total. The Morgan fingerprint density at radius 3 is 1.00 bits per heavy atom. The predicted molar refractivity (Wildman–Crippen MR) is 261 cm³/mol. The van der Waals surface area contributed by atoms with E-state index in [1.54, 1.807) is 0 Å². The van der Waals surface area contributed by atoms with E-state index in [2.05, 4.69) is 69.4 Å². The molecule has 0 aromatic rings. The van der Waals surface area contributed by atoms with Gasteiger partial charge in [-0.25, -0.2) is 0 Å². The van der Waals surface area contributed by atoms with Crippen molar-refractivity contribution in [2.75, 3.05) is 13.2 Å². The minimum Gasteiger partial charge on any atom is -0.462 e. The number of unbranched alkanes of at least 4 members (excludes halogenated alkanes) is 28. The molecule has 0 bridgehead atoms. The van der Waals surface area contributed by atoms with Crippen molar-refractivity contribution in [2.24, 2.45) is 0 Å². The highest BCUT2D eigenvalue weighted by Crippen LogP contribution is 2.16. The maximum Gasteiger partial charge on any atom is 0.306 e. The molecular formula is C55H98O6. The third-order valence-electron chi connectivity index (χ3n) is 11.3. The molecule has 0 aromatic heterocycles. The van der Waals surface area contributed by atoms with Gasteiger partial charge in [0.15, 0.2) is 6.10 Å². The molecule has 0 saturated heterocycles. The van der Waals surface area contributed by atoms with E-state index in [4.69, 9.17) is 14.2 Å². The van der Waals surface area contributed by atoms with Crippen LogP contribution in [0.2, 0.25) is 0 Å². The summed E-state index contributed by atoms with van der Waals surface area (Å²) >= 11 is 0. The normalized spacial score (nSPS) is 12.4. The average molecular weight is 855 g/mol. The molecule has 1 atom stereocenters. The van der Waals surface area contributed by atoms with Crippen LogP contribution in [-0.2, 0) is 28.6 Å². The molecule has 0 aliphatic rings. The molecule has 0 fully saturated rings. The number of hydrogen-bond acceptors (Lipinski definition) is 6. The molecule has 0 heterocycles. The van der Waals surface area contributed by atoms with Crippen LogP contribution < -0.4 is 0 Å². The van der Waals surface area contributed by atoms with Crippen LogP contribution >= 0.6 is 0 Å². The van der Waals surface area contributed by atoms with E-state index < -0.39 is 6.10 Å². The van der Waals surface area contributed by atoms with Crippen LogP contribution in [0.5, 0.6) is 0 Å². The number of carbonyl (C=O) groups excluding carboxylic acids is 3. The predicted octanol–water partition coefficient (Wildman–Crippen LogP) is 17.1. The summed E-state index contributed by atoms with van der Waals surface area (Å²) in [6, 6.07) is 0. The molecule has 0 aliphatic carbocycles. The van der Waals surface area contributed by atoms with Crippen molar-refractivity contribution in [1.82, 2.24) is 0 Å². The molecule has 0 aliphatic heterocycles. The van der Waals surface area contributed by atoms with Gasteiger partial charge in [-0.15, -0.1) is 0 Å². The Labute approximate surface area is 378 Å². The van der Waals surface area contributed by atoms with Crippen LogP contribution in [0.15, 0.2) is 48.6 Å². The molecule has 6 heteroatoms. The van der Waals surface area contributed by atoms with E-state index in [0.717, 1.165) is 89.9 Å². The summed E-state index contributed by atoms with van der Waals surface area (Å²) in [4.78, 5) is 37.7. The third kappa shape index (κ3) is 48.3. The number of carbonyl (C=O) groups is 3. The number of esters is 3. The molecule has 354 valence electrons. The largest absolute Gasteiger partial charge is 0.462 e. The lowest BCUT2D eigenvalue weighted by atomic mass is 10.0. The summed E-state index contributed by atoms with van der Waals surface area (Å²) in [5.74, 6) is -0.881. The van der Waals surface area contributed by atoms with Gasteiger partial charge in [-0.3, -0.25) is 14.4 Å². The molecule has 0 radical (unpaired) electrons. The molecule has 0 saturated carbocycles. The second-order valence-electron chi connectivity index (χ2n) is 17.4. The Kier molecular flexibility index (Phi) is 47.9. The van der Waals surface area contributed by atoms with E-state index in [1.807, 2.05) is 0 Å². The van der Waals surface area contributed by atoms with Gasteiger partial charge in [0.1, 0.15) is 13.2 Å². The molecular weight excluding hydrogens is 757 g/mol. The third-order valence-corrected chi connectivity index (χ3v) is 11.3. The summed E-state index contributed by atoms with van der Waals surface area (Å²) in [5.41, 5.74) is 0. The Morgan fingerprint density at radius 2 is 0.639 bits per heavy atom. The second kappa shape index (κ2) is 50.0. The van der Waals surface area contributed by atoms with Crippen molar-refractivity contribution in [2.45, 2.75) is 271 Å². The van der Waals surface area contributed by atoms with E-state index in [9.17, 15) is 14.4 Å². The highest BCUT2D eigenvalue weighted by molar-refractivity contribution is 5.71. The first-order chi connectivity index (χ1) is 30.0. The van der Waals surface area contributed by atoms with Crippen molar-refractivity contribution in [3.05, 3.63) is 48.6 Å². The first-order valence-electron chi connectivity index (χ1n) is 26.1. The van der Waals surface area contributed by atoms with Crippen LogP contribution in [0.1, 0.15) is 265 Å². The maximum atomic E-state index is 12.7. The summed E-state index contributed by atoms with van der Waals surface area (Å²) in [6.07, 6.45) is 59.9. The standard InChI is InChI=1S/C55H98O6/c1-4-7-10-13-15-17-19-21-23-24-25-26-27-28-29-30-32-33-35-37-39-42-45-48-54(57)60-51-52(50-59-53(56)47-44-41-12-9-6-3)61-55(58)49-46-43-40-38-36-34-31-22-20-18-16-14-11-8-5-2/h7,10,15,17,21,23,25-26,52H,4-6,8-9,11-14,16,18-20,22,24,27-51H2,1-3H3/b10-7-,17-15-,23-21-,26-25-. The van der Waals surface area contributed by atoms with Crippen LogP contribution in [0, 0.1) is 0 Å². The van der Waals surface area contributed by atoms with Crippen molar-refractivity contribution in [3.63, 3.8) is 0 Å². The van der Waals surface area contributed by atoms with Crippen LogP contribution in [0.25, 0.3) is 0 Å². The lowest BCUT2D eigenvalue weighted by Crippen LogP contribution is -2.30. The van der Waals surface area contributed by atoms with E-state index >= 15 is 0 Å². The van der Waals surface area contributed by atoms with Crippen molar-refractivity contribution in [1.29, 1.82) is 0 Å². The number of hydrogen-bond donors (Lipinski definition) is 0. The van der Waals surface area contributed by atoms with Gasteiger partial charge in [0.2, 0.25) is 0 Å². The number of allylic oxidation sites excluding steroid dienone is 8. The average Bonchev–Trinajstić information content (AvgIpc) is 3.26. The first-order valence-corrected chi connectivity index (χ1v) is 26.1. The summed E-state index contributed by atoms with van der Waals surface area (Å²) in [5, 5.41) is 0. The number of rotatable bonds is 47. The van der Waals surface area contributed by atoms with Gasteiger partial charge < -0.3 is 14.2 Å². The molecule has 0 amide bonds. The lowest BCUT2D eigenvalue weighted by Gasteiger charge is -2.18. The Bertz CT molecular complexity index is 1070. The van der Waals surface area contributed by atoms with Gasteiger partial charge in [-0.05, 0) is 57.8 Å². The van der Waals surface area contributed by atoms with E-state index in [1.165, 1.54) is 135 Å². The van der Waals surface area contributed by atoms with E-state index in [-0.39, 0.29) is 31.1 Å². The minimum atomic E-state index is -0.767. The molecule has 0 aromatic carbocycles. The molecule has 0 rings (SSSR count). The fraction of sp³-hybridized carbons (Fsp3) is 0.800. The second-order valence-corrected chi connectivity index (χ2v) is 17.4. The Balaban J connectivity index is 4.10. The van der Waals surface area contributed by atoms with Crippen LogP contribution in [0.3, 0.4) is 0 Å². The van der Waals surface area contributed by atoms with Gasteiger partial charge in [-0.2, -0.15) is 0 Å². The minimum absolute atomic E-state index is 0.0725. The molecule has 61 heavy (non-hydrogen) atoms. The van der Waals surface area contributed by atoms with E-state index in [0.29, 0.717) is 19.3 Å². The topological polar surface area (TPSA) is 78.9 Å². The quantitative estimate of drug-likeness (QED) is 0.0263. The molecule has 0 N–H and O–H groups in total. The number of ether oxygens (including phenoxy) is 3. The molecule has 0 spiro atoms. The highest BCUT2D eigenvalue weighted by atomic mass is 16.6. The Morgan fingerprint density at radius 1 is 0.344 bits per heavy atom. The van der Waals surface area contributed by atoms with Gasteiger partial charge in [0.25, 0.3) is 0 Å². The zero-order chi connectivity index (χ0) is 44.4. The lowest BCUT2D eigenvalue weighted by molar-refractivity contribution is -0.167. The summed E-state index contributed by atoms with van der Waals surface area (Å²) < 4.78 is 16.7. The summed E-state index contributed by atoms with van der Waals surface area (Å²) in [6.45, 7) is 6.46. The van der Waals surface area contributed by atoms with Crippen LogP contribution in [0.4, 0.5) is 0 Å². The highest BCUT2D eigenvalue weighted by Gasteiger charge is 2.19.